The van der Waals surface area contributed by atoms with E-state index in [1.165, 1.54) is 45.0 Å². The molecule has 0 aromatic carbocycles. The SMILES string of the molecule is CN=C(NCCCNS(C)(=O)=O)NCC(C(C)C)N1CCCCCC1. The number of rotatable bonds is 9. The van der Waals surface area contributed by atoms with Crippen LogP contribution in [0.25, 0.3) is 0 Å². The van der Waals surface area contributed by atoms with Crippen molar-refractivity contribution in [3.8, 4) is 0 Å². The Morgan fingerprint density at radius 1 is 1.08 bits per heavy atom. The molecule has 0 aromatic rings. The number of aliphatic imine (C=N–C) groups is 1. The summed E-state index contributed by atoms with van der Waals surface area (Å²) < 4.78 is 24.5. The number of guanidine groups is 1. The van der Waals surface area contributed by atoms with Crippen LogP contribution in [0, 0.1) is 5.92 Å². The van der Waals surface area contributed by atoms with Gasteiger partial charge in [0.15, 0.2) is 5.96 Å². The Kier molecular flexibility index (Phi) is 10.4. The zero-order chi connectivity index (χ0) is 18.7. The summed E-state index contributed by atoms with van der Waals surface area (Å²) in [7, 11) is -1.34. The molecular weight excluding hydrogens is 338 g/mol. The molecule has 1 rings (SSSR count). The second-order valence-electron chi connectivity index (χ2n) is 7.16. The maximum absolute atomic E-state index is 11.0. The number of hydrogen-bond donors (Lipinski definition) is 3. The predicted molar refractivity (Wildman–Crippen MR) is 105 cm³/mol. The number of nitrogens with zero attached hydrogens (tertiary/aromatic N) is 2. The molecule has 25 heavy (non-hydrogen) atoms. The molecule has 1 aliphatic rings. The molecule has 8 heteroatoms. The highest BCUT2D eigenvalue weighted by Crippen LogP contribution is 2.16. The summed E-state index contributed by atoms with van der Waals surface area (Å²) in [6.07, 6.45) is 7.18. The molecule has 3 N–H and O–H groups in total. The third-order valence-electron chi connectivity index (χ3n) is 4.59. The molecular formula is C17H37N5O2S. The molecule has 0 radical (unpaired) electrons. The molecule has 7 nitrogen and oxygen atoms in total. The van der Waals surface area contributed by atoms with E-state index in [4.69, 9.17) is 0 Å². The van der Waals surface area contributed by atoms with E-state index >= 15 is 0 Å². The van der Waals surface area contributed by atoms with Crippen molar-refractivity contribution in [1.29, 1.82) is 0 Å². The Hall–Kier alpha value is -0.860. The molecule has 0 spiro atoms. The Morgan fingerprint density at radius 3 is 2.24 bits per heavy atom. The smallest absolute Gasteiger partial charge is 0.208 e. The molecule has 1 heterocycles. The predicted octanol–water partition coefficient (Wildman–Crippen LogP) is 0.991. The number of likely N-dealkylation sites (tertiary alicyclic amines) is 1. The summed E-state index contributed by atoms with van der Waals surface area (Å²) >= 11 is 0. The summed E-state index contributed by atoms with van der Waals surface area (Å²) in [6, 6.07) is 0.503. The van der Waals surface area contributed by atoms with Crippen LogP contribution in [0.1, 0.15) is 46.0 Å². The zero-order valence-corrected chi connectivity index (χ0v) is 17.2. The number of sulfonamides is 1. The third-order valence-corrected chi connectivity index (χ3v) is 5.32. The lowest BCUT2D eigenvalue weighted by molar-refractivity contribution is 0.161. The van der Waals surface area contributed by atoms with Crippen LogP contribution < -0.4 is 15.4 Å². The molecule has 0 saturated carbocycles. The molecule has 1 fully saturated rings. The van der Waals surface area contributed by atoms with Crippen molar-refractivity contribution in [3.05, 3.63) is 0 Å². The van der Waals surface area contributed by atoms with Gasteiger partial charge in [0, 0.05) is 32.7 Å². The van der Waals surface area contributed by atoms with Crippen molar-refractivity contribution in [3.63, 3.8) is 0 Å². The normalized spacial score (nSPS) is 18.8. The van der Waals surface area contributed by atoms with Gasteiger partial charge in [0.1, 0.15) is 0 Å². The van der Waals surface area contributed by atoms with Crippen LogP contribution in [0.5, 0.6) is 0 Å². The highest BCUT2D eigenvalue weighted by atomic mass is 32.2. The fraction of sp³-hybridized carbons (Fsp3) is 0.941. The molecule has 0 aliphatic carbocycles. The van der Waals surface area contributed by atoms with Crippen molar-refractivity contribution in [1.82, 2.24) is 20.3 Å². The monoisotopic (exact) mass is 375 g/mol. The van der Waals surface area contributed by atoms with Gasteiger partial charge in [-0.15, -0.1) is 0 Å². The summed E-state index contributed by atoms with van der Waals surface area (Å²) in [5, 5.41) is 6.69. The van der Waals surface area contributed by atoms with Gasteiger partial charge in [-0.2, -0.15) is 0 Å². The lowest BCUT2D eigenvalue weighted by Gasteiger charge is -2.34. The minimum absolute atomic E-state index is 0.436. The van der Waals surface area contributed by atoms with Crippen LogP contribution >= 0.6 is 0 Å². The summed E-state index contributed by atoms with van der Waals surface area (Å²) in [5.74, 6) is 1.36. The Labute approximate surface area is 154 Å². The summed E-state index contributed by atoms with van der Waals surface area (Å²) in [4.78, 5) is 6.89. The molecule has 148 valence electrons. The molecule has 1 aliphatic heterocycles. The van der Waals surface area contributed by atoms with Crippen LogP contribution in [0.4, 0.5) is 0 Å². The van der Waals surface area contributed by atoms with Crippen molar-refractivity contribution in [2.24, 2.45) is 10.9 Å². The highest BCUT2D eigenvalue weighted by molar-refractivity contribution is 7.88. The van der Waals surface area contributed by atoms with Gasteiger partial charge in [-0.3, -0.25) is 9.89 Å². The molecule has 0 aromatic heterocycles. The first-order valence-electron chi connectivity index (χ1n) is 9.46. The fourth-order valence-corrected chi connectivity index (χ4v) is 3.70. The Morgan fingerprint density at radius 2 is 1.72 bits per heavy atom. The molecule has 1 unspecified atom stereocenters. The lowest BCUT2D eigenvalue weighted by Crippen LogP contribution is -2.50. The zero-order valence-electron chi connectivity index (χ0n) is 16.3. The Balaban J connectivity index is 2.37. The Bertz CT molecular complexity index is 485. The average Bonchev–Trinajstić information content (AvgIpc) is 2.80. The van der Waals surface area contributed by atoms with Gasteiger partial charge >= 0.3 is 0 Å². The quantitative estimate of drug-likeness (QED) is 0.318. The van der Waals surface area contributed by atoms with E-state index in [0.29, 0.717) is 31.5 Å². The van der Waals surface area contributed by atoms with Gasteiger partial charge < -0.3 is 10.6 Å². The van der Waals surface area contributed by atoms with Crippen LogP contribution in [0.15, 0.2) is 4.99 Å². The van der Waals surface area contributed by atoms with E-state index in [-0.39, 0.29) is 0 Å². The first-order chi connectivity index (χ1) is 11.8. The maximum Gasteiger partial charge on any atom is 0.208 e. The molecule has 1 saturated heterocycles. The standard InChI is InChI=1S/C17H37N5O2S/c1-15(2)16(22-12-7-5-6-8-13-22)14-20-17(18-3)19-10-9-11-21-25(4,23)24/h15-16,21H,5-14H2,1-4H3,(H2,18,19,20). The van der Waals surface area contributed by atoms with Gasteiger partial charge in [-0.05, 0) is 38.3 Å². The molecule has 0 amide bonds. The van der Waals surface area contributed by atoms with E-state index in [9.17, 15) is 8.42 Å². The number of nitrogens with one attached hydrogen (secondary N) is 3. The minimum Gasteiger partial charge on any atom is -0.356 e. The van der Waals surface area contributed by atoms with Gasteiger partial charge in [-0.25, -0.2) is 13.1 Å². The van der Waals surface area contributed by atoms with Crippen molar-refractivity contribution < 1.29 is 8.42 Å². The van der Waals surface area contributed by atoms with E-state index in [1.54, 1.807) is 7.05 Å². The molecule has 1 atom stereocenters. The summed E-state index contributed by atoms with van der Waals surface area (Å²) in [6.45, 7) is 8.93. The second-order valence-corrected chi connectivity index (χ2v) is 8.99. The number of hydrogen-bond acceptors (Lipinski definition) is 4. The van der Waals surface area contributed by atoms with Crippen molar-refractivity contribution in [2.75, 3.05) is 46.0 Å². The van der Waals surface area contributed by atoms with Crippen molar-refractivity contribution >= 4 is 16.0 Å². The molecule has 0 bridgehead atoms. The van der Waals surface area contributed by atoms with Gasteiger partial charge in [0.05, 0.1) is 6.26 Å². The maximum atomic E-state index is 11.0. The minimum atomic E-state index is -3.11. The van der Waals surface area contributed by atoms with E-state index in [1.807, 2.05) is 0 Å². The van der Waals surface area contributed by atoms with Crippen LogP contribution in [-0.4, -0.2) is 71.3 Å². The third kappa shape index (κ3) is 10.0. The van der Waals surface area contributed by atoms with Crippen molar-refractivity contribution in [2.45, 2.75) is 52.0 Å². The van der Waals surface area contributed by atoms with E-state index in [2.05, 4.69) is 39.1 Å². The highest BCUT2D eigenvalue weighted by Gasteiger charge is 2.22. The topological polar surface area (TPSA) is 85.8 Å². The van der Waals surface area contributed by atoms with Gasteiger partial charge in [0.2, 0.25) is 10.0 Å². The van der Waals surface area contributed by atoms with Gasteiger partial charge in [0.25, 0.3) is 0 Å². The van der Waals surface area contributed by atoms with E-state index in [0.717, 1.165) is 12.5 Å². The van der Waals surface area contributed by atoms with Crippen LogP contribution in [0.3, 0.4) is 0 Å². The first kappa shape index (κ1) is 22.2. The lowest BCUT2D eigenvalue weighted by atomic mass is 10.0. The first-order valence-corrected chi connectivity index (χ1v) is 11.4. The fourth-order valence-electron chi connectivity index (χ4n) is 3.19. The second kappa shape index (κ2) is 11.7. The average molecular weight is 376 g/mol. The largest absolute Gasteiger partial charge is 0.356 e. The van der Waals surface area contributed by atoms with Gasteiger partial charge in [-0.1, -0.05) is 26.7 Å². The van der Waals surface area contributed by atoms with E-state index < -0.39 is 10.0 Å². The van der Waals surface area contributed by atoms with Crippen LogP contribution in [-0.2, 0) is 10.0 Å². The summed E-state index contributed by atoms with van der Waals surface area (Å²) in [5.41, 5.74) is 0. The van der Waals surface area contributed by atoms with Crippen LogP contribution in [0.2, 0.25) is 0 Å².